The van der Waals surface area contributed by atoms with E-state index in [-0.39, 0.29) is 5.69 Å². The van der Waals surface area contributed by atoms with Crippen molar-refractivity contribution in [2.45, 2.75) is 19.0 Å². The van der Waals surface area contributed by atoms with E-state index in [4.69, 9.17) is 11.6 Å². The second kappa shape index (κ2) is 11.2. The highest BCUT2D eigenvalue weighted by atomic mass is 79.9. The van der Waals surface area contributed by atoms with E-state index in [2.05, 4.69) is 42.0 Å². The number of benzene rings is 2. The molecule has 0 aliphatic heterocycles. The molecule has 3 N–H and O–H groups in total. The highest BCUT2D eigenvalue weighted by molar-refractivity contribution is 9.10. The van der Waals surface area contributed by atoms with Crippen LogP contribution in [-0.2, 0) is 6.18 Å². The monoisotopic (exact) mass is 580 g/mol. The number of unbranched alkanes of at least 4 members (excludes halogenated alkanes) is 1. The molecule has 4 rings (SSSR count). The molecule has 0 radical (unpaired) electrons. The number of carbonyl (C=O) groups excluding carboxylic acids is 1. The number of amides is 2. The molecule has 0 saturated heterocycles. The van der Waals surface area contributed by atoms with E-state index in [1.54, 1.807) is 16.8 Å². The lowest BCUT2D eigenvalue weighted by Crippen LogP contribution is -2.30. The Hall–Kier alpha value is -3.31. The van der Waals surface area contributed by atoms with Crippen LogP contribution in [-0.4, -0.2) is 33.7 Å². The molecule has 0 aliphatic rings. The van der Waals surface area contributed by atoms with Gasteiger partial charge in [0.25, 0.3) is 0 Å². The number of halogens is 5. The fourth-order valence-corrected chi connectivity index (χ4v) is 4.12. The smallest absolute Gasteiger partial charge is 0.370 e. The maximum Gasteiger partial charge on any atom is 0.418 e. The Morgan fingerprint density at radius 1 is 1.06 bits per heavy atom. The van der Waals surface area contributed by atoms with Gasteiger partial charge in [-0.3, -0.25) is 0 Å². The maximum atomic E-state index is 13.1. The summed E-state index contributed by atoms with van der Waals surface area (Å²) < 4.78 is 41.6. The SMILES string of the molecule is O=C(NCCCCNc1cc(-c2ccccc2Cl)nc2c(Br)cnn12)Nc1ccccc1C(F)(F)F. The molecule has 0 spiro atoms. The van der Waals surface area contributed by atoms with E-state index < -0.39 is 17.8 Å². The predicted octanol–water partition coefficient (Wildman–Crippen LogP) is 6.84. The summed E-state index contributed by atoms with van der Waals surface area (Å²) in [6.07, 6.45) is -1.60. The number of hydrogen-bond acceptors (Lipinski definition) is 4. The van der Waals surface area contributed by atoms with Gasteiger partial charge in [0.05, 0.1) is 27.6 Å². The summed E-state index contributed by atoms with van der Waals surface area (Å²) in [5, 5.41) is 13.1. The summed E-state index contributed by atoms with van der Waals surface area (Å²) in [6.45, 7) is 0.865. The molecule has 2 aromatic carbocycles. The van der Waals surface area contributed by atoms with E-state index in [1.165, 1.54) is 18.2 Å². The van der Waals surface area contributed by atoms with Gasteiger partial charge in [-0.15, -0.1) is 0 Å². The van der Waals surface area contributed by atoms with Gasteiger partial charge in [0.1, 0.15) is 5.82 Å². The number of fused-ring (bicyclic) bond motifs is 1. The second-order valence-electron chi connectivity index (χ2n) is 7.79. The van der Waals surface area contributed by atoms with Gasteiger partial charge >= 0.3 is 12.2 Å². The summed E-state index contributed by atoms with van der Waals surface area (Å²) in [4.78, 5) is 16.7. The van der Waals surface area contributed by atoms with Crippen LogP contribution in [0.2, 0.25) is 5.02 Å². The number of carbonyl (C=O) groups is 1. The van der Waals surface area contributed by atoms with Crippen LogP contribution in [0.1, 0.15) is 18.4 Å². The molecule has 12 heteroatoms. The molecule has 2 aromatic heterocycles. The Bertz CT molecular complexity index is 1380. The minimum absolute atomic E-state index is 0.287. The van der Waals surface area contributed by atoms with E-state index in [0.29, 0.717) is 42.3 Å². The molecule has 0 atom stereocenters. The Morgan fingerprint density at radius 3 is 2.56 bits per heavy atom. The molecule has 36 heavy (non-hydrogen) atoms. The minimum atomic E-state index is -4.55. The van der Waals surface area contributed by atoms with Crippen molar-refractivity contribution in [2.75, 3.05) is 23.7 Å². The van der Waals surface area contributed by atoms with Crippen LogP contribution in [0.5, 0.6) is 0 Å². The number of anilines is 2. The number of urea groups is 1. The average molecular weight is 582 g/mol. The molecular formula is C24H21BrClF3N6O. The average Bonchev–Trinajstić information content (AvgIpc) is 3.22. The molecule has 4 aromatic rings. The molecule has 0 fully saturated rings. The van der Waals surface area contributed by atoms with Crippen molar-refractivity contribution in [3.63, 3.8) is 0 Å². The third kappa shape index (κ3) is 6.08. The largest absolute Gasteiger partial charge is 0.418 e. The van der Waals surface area contributed by atoms with Gasteiger partial charge < -0.3 is 16.0 Å². The van der Waals surface area contributed by atoms with Crippen LogP contribution in [0.4, 0.5) is 29.5 Å². The Labute approximate surface area is 218 Å². The first kappa shape index (κ1) is 25.8. The molecular weight excluding hydrogens is 561 g/mol. The zero-order chi connectivity index (χ0) is 25.7. The number of para-hydroxylation sites is 1. The molecule has 0 aliphatic carbocycles. The quantitative estimate of drug-likeness (QED) is 0.199. The van der Waals surface area contributed by atoms with E-state index in [1.807, 2.05) is 24.3 Å². The lowest BCUT2D eigenvalue weighted by Gasteiger charge is -2.14. The van der Waals surface area contributed by atoms with Gasteiger partial charge in [0.15, 0.2) is 5.65 Å². The van der Waals surface area contributed by atoms with Crippen molar-refractivity contribution in [2.24, 2.45) is 0 Å². The lowest BCUT2D eigenvalue weighted by atomic mass is 10.1. The number of rotatable bonds is 8. The predicted molar refractivity (Wildman–Crippen MR) is 137 cm³/mol. The zero-order valence-corrected chi connectivity index (χ0v) is 21.1. The number of hydrogen-bond donors (Lipinski definition) is 3. The molecule has 2 amide bonds. The number of nitrogens with one attached hydrogen (secondary N) is 3. The van der Waals surface area contributed by atoms with E-state index in [9.17, 15) is 18.0 Å². The first-order valence-corrected chi connectivity index (χ1v) is 12.2. The number of nitrogens with zero attached hydrogens (tertiary/aromatic N) is 3. The van der Waals surface area contributed by atoms with Crippen molar-refractivity contribution in [1.29, 1.82) is 0 Å². The lowest BCUT2D eigenvalue weighted by molar-refractivity contribution is -0.136. The Kier molecular flexibility index (Phi) is 8.00. The van der Waals surface area contributed by atoms with Gasteiger partial charge in [-0.05, 0) is 47.0 Å². The Balaban J connectivity index is 1.31. The number of alkyl halides is 3. The van der Waals surface area contributed by atoms with Gasteiger partial charge in [-0.25, -0.2) is 9.78 Å². The highest BCUT2D eigenvalue weighted by Crippen LogP contribution is 2.34. The van der Waals surface area contributed by atoms with Crippen LogP contribution in [0.3, 0.4) is 0 Å². The molecule has 0 unspecified atom stereocenters. The van der Waals surface area contributed by atoms with Gasteiger partial charge in [0, 0.05) is 29.7 Å². The first-order chi connectivity index (χ1) is 17.2. The fourth-order valence-electron chi connectivity index (χ4n) is 3.54. The topological polar surface area (TPSA) is 83.3 Å². The van der Waals surface area contributed by atoms with Crippen molar-refractivity contribution in [3.05, 3.63) is 75.9 Å². The molecule has 7 nitrogen and oxygen atoms in total. The van der Waals surface area contributed by atoms with Crippen LogP contribution in [0.15, 0.2) is 65.3 Å². The molecule has 0 saturated carbocycles. The van der Waals surface area contributed by atoms with Crippen LogP contribution in [0.25, 0.3) is 16.9 Å². The molecule has 188 valence electrons. The van der Waals surface area contributed by atoms with Crippen molar-refractivity contribution in [1.82, 2.24) is 19.9 Å². The standard InChI is InChI=1S/C24H21BrClF3N6O/c25-17-14-32-35-21(13-20(33-22(17)35)15-7-1-3-9-18(15)26)30-11-5-6-12-31-23(36)34-19-10-4-2-8-16(19)24(27,28)29/h1-4,7-10,13-14,30H,5-6,11-12H2,(H2,31,34,36). The van der Waals surface area contributed by atoms with Gasteiger partial charge in [0.2, 0.25) is 0 Å². The fraction of sp³-hybridized carbons (Fsp3) is 0.208. The normalized spacial score (nSPS) is 11.5. The van der Waals surface area contributed by atoms with Gasteiger partial charge in [-0.2, -0.15) is 22.8 Å². The molecule has 0 bridgehead atoms. The van der Waals surface area contributed by atoms with Gasteiger partial charge in [-0.1, -0.05) is 41.9 Å². The Morgan fingerprint density at radius 2 is 1.78 bits per heavy atom. The van der Waals surface area contributed by atoms with Crippen molar-refractivity contribution in [3.8, 4) is 11.3 Å². The first-order valence-electron chi connectivity index (χ1n) is 11.0. The highest BCUT2D eigenvalue weighted by Gasteiger charge is 2.33. The van der Waals surface area contributed by atoms with E-state index in [0.717, 1.165) is 21.9 Å². The third-order valence-corrected chi connectivity index (χ3v) is 6.14. The van der Waals surface area contributed by atoms with Crippen molar-refractivity contribution >= 4 is 50.7 Å². The summed E-state index contributed by atoms with van der Waals surface area (Å²) >= 11 is 9.82. The third-order valence-electron chi connectivity index (χ3n) is 5.25. The molecule has 2 heterocycles. The summed E-state index contributed by atoms with van der Waals surface area (Å²) in [5.41, 5.74) is 0.932. The maximum absolute atomic E-state index is 13.1. The zero-order valence-electron chi connectivity index (χ0n) is 18.7. The second-order valence-corrected chi connectivity index (χ2v) is 9.05. The summed E-state index contributed by atoms with van der Waals surface area (Å²) in [7, 11) is 0. The van der Waals surface area contributed by atoms with Crippen LogP contribution >= 0.6 is 27.5 Å². The van der Waals surface area contributed by atoms with Crippen LogP contribution in [0, 0.1) is 0 Å². The minimum Gasteiger partial charge on any atom is -0.370 e. The summed E-state index contributed by atoms with van der Waals surface area (Å²) in [5.74, 6) is 0.718. The van der Waals surface area contributed by atoms with E-state index >= 15 is 0 Å². The van der Waals surface area contributed by atoms with Crippen LogP contribution < -0.4 is 16.0 Å². The van der Waals surface area contributed by atoms with Crippen molar-refractivity contribution < 1.29 is 18.0 Å². The summed E-state index contributed by atoms with van der Waals surface area (Å²) in [6, 6.07) is 13.4. The number of aromatic nitrogens is 3.